The van der Waals surface area contributed by atoms with Gasteiger partial charge >= 0.3 is 6.18 Å². The maximum Gasteiger partial charge on any atom is 0.416 e. The van der Waals surface area contributed by atoms with Crippen molar-refractivity contribution in [2.45, 2.75) is 19.6 Å². The van der Waals surface area contributed by atoms with Gasteiger partial charge in [-0.05, 0) is 42.3 Å². The molecule has 5 nitrogen and oxygen atoms in total. The van der Waals surface area contributed by atoms with Gasteiger partial charge in [-0.25, -0.2) is 4.98 Å². The van der Waals surface area contributed by atoms with Gasteiger partial charge in [0.05, 0.1) is 12.1 Å². The van der Waals surface area contributed by atoms with Gasteiger partial charge in [0.2, 0.25) is 0 Å². The molecule has 8 heteroatoms. The van der Waals surface area contributed by atoms with Gasteiger partial charge in [0.25, 0.3) is 0 Å². The van der Waals surface area contributed by atoms with E-state index in [4.69, 9.17) is 0 Å². The third kappa shape index (κ3) is 2.69. The number of nitrogens with zero attached hydrogens (tertiary/aromatic N) is 5. The molecular weight excluding hydrogens is 331 g/mol. The molecule has 0 radical (unpaired) electrons. The minimum Gasteiger partial charge on any atom is -0.288 e. The number of aliphatic imine (C=N–C) groups is 1. The van der Waals surface area contributed by atoms with E-state index >= 15 is 0 Å². The van der Waals surface area contributed by atoms with Crippen LogP contribution in [-0.4, -0.2) is 26.0 Å². The number of halogens is 3. The Morgan fingerprint density at radius 1 is 1.04 bits per heavy atom. The fraction of sp³-hybridized carbons (Fsp3) is 0.176. The summed E-state index contributed by atoms with van der Waals surface area (Å²) in [5.41, 5.74) is 2.38. The predicted octanol–water partition coefficient (Wildman–Crippen LogP) is 3.59. The lowest BCUT2D eigenvalue weighted by atomic mass is 9.93. The lowest BCUT2D eigenvalue weighted by Crippen LogP contribution is -2.07. The maximum atomic E-state index is 13.2. The van der Waals surface area contributed by atoms with Crippen LogP contribution in [0.2, 0.25) is 0 Å². The Morgan fingerprint density at radius 2 is 1.80 bits per heavy atom. The van der Waals surface area contributed by atoms with Crippen molar-refractivity contribution in [3.05, 3.63) is 59.3 Å². The van der Waals surface area contributed by atoms with Crippen molar-refractivity contribution < 1.29 is 13.2 Å². The molecule has 1 aliphatic rings. The smallest absolute Gasteiger partial charge is 0.288 e. The fourth-order valence-corrected chi connectivity index (χ4v) is 2.91. The van der Waals surface area contributed by atoms with Crippen LogP contribution in [0.1, 0.15) is 22.4 Å². The molecule has 126 valence electrons. The Hall–Kier alpha value is -3.03. The van der Waals surface area contributed by atoms with Crippen LogP contribution in [0.15, 0.2) is 41.9 Å². The average molecular weight is 343 g/mol. The number of hydrogen-bond acceptors (Lipinski definition) is 4. The Balaban J connectivity index is 1.87. The molecule has 2 aromatic heterocycles. The van der Waals surface area contributed by atoms with E-state index < -0.39 is 11.7 Å². The first kappa shape index (κ1) is 15.5. The normalized spacial score (nSPS) is 13.3. The van der Waals surface area contributed by atoms with Gasteiger partial charge in [-0.2, -0.15) is 13.2 Å². The van der Waals surface area contributed by atoms with Crippen molar-refractivity contribution in [3.63, 3.8) is 0 Å². The highest BCUT2D eigenvalue weighted by atomic mass is 19.4. The van der Waals surface area contributed by atoms with E-state index in [9.17, 15) is 13.2 Å². The number of hydrogen-bond donors (Lipinski definition) is 0. The summed E-state index contributed by atoms with van der Waals surface area (Å²) < 4.78 is 41.3. The minimum absolute atomic E-state index is 0.261. The number of pyridine rings is 1. The lowest BCUT2D eigenvalue weighted by Gasteiger charge is -2.15. The van der Waals surface area contributed by atoms with Gasteiger partial charge in [-0.3, -0.25) is 9.56 Å². The van der Waals surface area contributed by atoms with E-state index in [1.54, 1.807) is 29.8 Å². The quantitative estimate of drug-likeness (QED) is 0.714. The number of benzene rings is 1. The molecule has 0 bridgehead atoms. The van der Waals surface area contributed by atoms with Crippen LogP contribution in [0.4, 0.5) is 13.2 Å². The van der Waals surface area contributed by atoms with E-state index in [0.717, 1.165) is 5.56 Å². The summed E-state index contributed by atoms with van der Waals surface area (Å²) in [7, 11) is 0. The van der Waals surface area contributed by atoms with Crippen molar-refractivity contribution in [2.75, 3.05) is 0 Å². The zero-order valence-electron chi connectivity index (χ0n) is 13.1. The predicted molar refractivity (Wildman–Crippen MR) is 85.6 cm³/mol. The summed E-state index contributed by atoms with van der Waals surface area (Å²) in [6, 6.07) is 5.82. The second kappa shape index (κ2) is 5.51. The largest absolute Gasteiger partial charge is 0.416 e. The summed E-state index contributed by atoms with van der Waals surface area (Å²) in [5.74, 6) is 0.600. The highest BCUT2D eigenvalue weighted by Crippen LogP contribution is 2.37. The lowest BCUT2D eigenvalue weighted by molar-refractivity contribution is -0.137. The average Bonchev–Trinajstić information content (AvgIpc) is 3.24. The number of rotatable bonds is 2. The molecule has 3 aromatic rings. The molecule has 1 aliphatic heterocycles. The highest BCUT2D eigenvalue weighted by Gasteiger charge is 2.33. The van der Waals surface area contributed by atoms with E-state index in [2.05, 4.69) is 20.2 Å². The molecule has 4 rings (SSSR count). The Morgan fingerprint density at radius 3 is 2.48 bits per heavy atom. The molecule has 0 atom stereocenters. The van der Waals surface area contributed by atoms with Crippen LogP contribution in [0, 0.1) is 6.92 Å². The monoisotopic (exact) mass is 343 g/mol. The van der Waals surface area contributed by atoms with E-state index in [0.29, 0.717) is 28.2 Å². The molecule has 0 amide bonds. The van der Waals surface area contributed by atoms with Crippen molar-refractivity contribution in [1.29, 1.82) is 0 Å². The molecular formula is C17H12F3N5. The molecule has 25 heavy (non-hydrogen) atoms. The Kier molecular flexibility index (Phi) is 3.41. The molecule has 0 fully saturated rings. The Bertz CT molecular complexity index is 975. The van der Waals surface area contributed by atoms with Crippen molar-refractivity contribution >= 4 is 6.21 Å². The summed E-state index contributed by atoms with van der Waals surface area (Å²) in [4.78, 5) is 8.58. The van der Waals surface area contributed by atoms with Gasteiger partial charge in [0, 0.05) is 23.0 Å². The first-order valence-corrected chi connectivity index (χ1v) is 7.50. The van der Waals surface area contributed by atoms with Crippen molar-refractivity contribution in [1.82, 2.24) is 19.7 Å². The third-order valence-corrected chi connectivity index (χ3v) is 4.12. The zero-order valence-corrected chi connectivity index (χ0v) is 13.1. The standard InChI is InChI=1S/C17H12F3N5/c1-10-13(2-3-16(24-10)25-8-22-23-9-25)14-5-12(17(18,19)20)4-11-6-21-7-15(11)14/h2-5,7-9H,6H2,1H3. The van der Waals surface area contributed by atoms with Gasteiger partial charge in [0.1, 0.15) is 18.5 Å². The second-order valence-corrected chi connectivity index (χ2v) is 5.74. The SMILES string of the molecule is Cc1nc(-n2cnnc2)ccc1-c1cc(C(F)(F)F)cc2c1C=NC2. The second-order valence-electron chi connectivity index (χ2n) is 5.74. The number of aryl methyl sites for hydroxylation is 1. The molecule has 0 spiro atoms. The van der Waals surface area contributed by atoms with Gasteiger partial charge in [-0.1, -0.05) is 0 Å². The van der Waals surface area contributed by atoms with Crippen molar-refractivity contribution in [3.8, 4) is 16.9 Å². The summed E-state index contributed by atoms with van der Waals surface area (Å²) in [5, 5.41) is 7.45. The molecule has 0 saturated heterocycles. The van der Waals surface area contributed by atoms with E-state index in [1.807, 2.05) is 0 Å². The van der Waals surface area contributed by atoms with E-state index in [-0.39, 0.29) is 6.54 Å². The Labute approximate surface area is 140 Å². The minimum atomic E-state index is -4.41. The van der Waals surface area contributed by atoms with E-state index in [1.165, 1.54) is 24.8 Å². The fourth-order valence-electron chi connectivity index (χ4n) is 2.91. The van der Waals surface area contributed by atoms with Gasteiger partial charge in [-0.15, -0.1) is 10.2 Å². The number of alkyl halides is 3. The topological polar surface area (TPSA) is 56.0 Å². The molecule has 0 N–H and O–H groups in total. The van der Waals surface area contributed by atoms with Crippen LogP contribution >= 0.6 is 0 Å². The maximum absolute atomic E-state index is 13.2. The molecule has 0 aliphatic carbocycles. The first-order valence-electron chi connectivity index (χ1n) is 7.50. The molecule has 3 heterocycles. The van der Waals surface area contributed by atoms with Gasteiger partial charge in [0.15, 0.2) is 0 Å². The van der Waals surface area contributed by atoms with Crippen LogP contribution < -0.4 is 0 Å². The molecule has 1 aromatic carbocycles. The zero-order chi connectivity index (χ0) is 17.6. The number of aromatic nitrogens is 4. The van der Waals surface area contributed by atoms with Crippen molar-refractivity contribution in [2.24, 2.45) is 4.99 Å². The number of fused-ring (bicyclic) bond motifs is 1. The van der Waals surface area contributed by atoms with Gasteiger partial charge < -0.3 is 0 Å². The van der Waals surface area contributed by atoms with Crippen LogP contribution in [-0.2, 0) is 12.7 Å². The van der Waals surface area contributed by atoms with Crippen LogP contribution in [0.3, 0.4) is 0 Å². The van der Waals surface area contributed by atoms with Crippen LogP contribution in [0.5, 0.6) is 0 Å². The summed E-state index contributed by atoms with van der Waals surface area (Å²) >= 11 is 0. The molecule has 0 saturated carbocycles. The highest BCUT2D eigenvalue weighted by molar-refractivity contribution is 5.94. The summed E-state index contributed by atoms with van der Waals surface area (Å²) in [6.07, 6.45) is 0.236. The third-order valence-electron chi connectivity index (χ3n) is 4.12. The van der Waals surface area contributed by atoms with Crippen LogP contribution in [0.25, 0.3) is 16.9 Å². The summed E-state index contributed by atoms with van der Waals surface area (Å²) in [6.45, 7) is 2.03. The first-order chi connectivity index (χ1) is 11.9. The molecule has 0 unspecified atom stereocenters.